The molecule has 0 unspecified atom stereocenters. The van der Waals surface area contributed by atoms with Gasteiger partial charge in [-0.05, 0) is 42.7 Å². The fraction of sp³-hybridized carbons (Fsp3) is 0.227. The molecule has 0 saturated carbocycles. The van der Waals surface area contributed by atoms with Crippen molar-refractivity contribution in [3.63, 3.8) is 0 Å². The first-order chi connectivity index (χ1) is 12.9. The van der Waals surface area contributed by atoms with E-state index in [1.165, 1.54) is 5.56 Å². The summed E-state index contributed by atoms with van der Waals surface area (Å²) in [6.07, 6.45) is 0. The van der Waals surface area contributed by atoms with Gasteiger partial charge < -0.3 is 10.1 Å². The minimum absolute atomic E-state index is 0.347. The molecular weight excluding hydrogens is 340 g/mol. The van der Waals surface area contributed by atoms with Gasteiger partial charge in [-0.1, -0.05) is 44.2 Å². The number of hydrogen-bond acceptors (Lipinski definition) is 4. The number of carbonyl (C=O) groups is 2. The quantitative estimate of drug-likeness (QED) is 0.680. The molecule has 0 aliphatic carbocycles. The second-order valence-corrected chi connectivity index (χ2v) is 6.73. The third-order valence-corrected chi connectivity index (χ3v) is 4.26. The van der Waals surface area contributed by atoms with Gasteiger partial charge in [0.05, 0.1) is 11.1 Å². The summed E-state index contributed by atoms with van der Waals surface area (Å²) >= 11 is 0. The lowest BCUT2D eigenvalue weighted by molar-refractivity contribution is -0.119. The highest BCUT2D eigenvalue weighted by Gasteiger charge is 2.15. The predicted octanol–water partition coefficient (Wildman–Crippen LogP) is 4.46. The fourth-order valence-electron chi connectivity index (χ4n) is 2.83. The van der Waals surface area contributed by atoms with E-state index < -0.39 is 5.97 Å². The van der Waals surface area contributed by atoms with Crippen LogP contribution in [-0.4, -0.2) is 23.5 Å². The van der Waals surface area contributed by atoms with Gasteiger partial charge in [0.1, 0.15) is 0 Å². The molecule has 2 aromatic carbocycles. The number of benzene rings is 2. The zero-order valence-corrected chi connectivity index (χ0v) is 15.7. The highest BCUT2D eigenvalue weighted by atomic mass is 16.5. The lowest BCUT2D eigenvalue weighted by Crippen LogP contribution is -2.21. The molecule has 0 radical (unpaired) electrons. The lowest BCUT2D eigenvalue weighted by atomic mass is 10.0. The number of ether oxygens (including phenoxy) is 1. The van der Waals surface area contributed by atoms with Gasteiger partial charge in [-0.15, -0.1) is 0 Å². The number of anilines is 1. The van der Waals surface area contributed by atoms with Crippen molar-refractivity contribution in [2.45, 2.75) is 26.7 Å². The Balaban J connectivity index is 1.64. The van der Waals surface area contributed by atoms with Crippen LogP contribution in [0.4, 0.5) is 5.69 Å². The number of para-hydroxylation sites is 1. The van der Waals surface area contributed by atoms with Crippen molar-refractivity contribution in [2.24, 2.45) is 0 Å². The zero-order valence-electron chi connectivity index (χ0n) is 15.7. The van der Waals surface area contributed by atoms with E-state index in [-0.39, 0.29) is 12.5 Å². The number of carbonyl (C=O) groups excluding carboxylic acids is 2. The largest absolute Gasteiger partial charge is 0.452 e. The monoisotopic (exact) mass is 362 g/mol. The van der Waals surface area contributed by atoms with Crippen LogP contribution in [0.1, 0.15) is 41.4 Å². The van der Waals surface area contributed by atoms with Gasteiger partial charge >= 0.3 is 5.97 Å². The topological polar surface area (TPSA) is 68.3 Å². The summed E-state index contributed by atoms with van der Waals surface area (Å²) in [5.74, 6) is -0.493. The third-order valence-electron chi connectivity index (χ3n) is 4.26. The Morgan fingerprint density at radius 1 is 1.07 bits per heavy atom. The number of hydrogen-bond donors (Lipinski definition) is 1. The Hall–Kier alpha value is -3.21. The van der Waals surface area contributed by atoms with Crippen LogP contribution in [0.25, 0.3) is 10.9 Å². The molecule has 3 rings (SSSR count). The summed E-state index contributed by atoms with van der Waals surface area (Å²) in [6.45, 7) is 5.69. The van der Waals surface area contributed by atoms with E-state index in [4.69, 9.17) is 4.74 Å². The molecule has 1 aromatic heterocycles. The van der Waals surface area contributed by atoms with Crippen molar-refractivity contribution in [1.29, 1.82) is 0 Å². The number of amides is 1. The maximum absolute atomic E-state index is 12.5. The first kappa shape index (κ1) is 18.6. The number of nitrogens with one attached hydrogen (secondary N) is 1. The van der Waals surface area contributed by atoms with Crippen LogP contribution in [0.15, 0.2) is 54.6 Å². The second kappa shape index (κ2) is 7.99. The maximum Gasteiger partial charge on any atom is 0.339 e. The Kier molecular flexibility index (Phi) is 5.50. The van der Waals surface area contributed by atoms with Crippen LogP contribution in [-0.2, 0) is 9.53 Å². The standard InChI is InChI=1S/C22H22N2O3/c1-14(2)16-8-10-17(11-9-16)24-21(25)13-27-22(26)19-12-15(3)23-20-7-5-4-6-18(19)20/h4-12,14H,13H2,1-3H3,(H,24,25). The van der Waals surface area contributed by atoms with Crippen molar-refractivity contribution in [3.05, 3.63) is 71.4 Å². The molecule has 5 nitrogen and oxygen atoms in total. The number of aromatic nitrogens is 1. The SMILES string of the molecule is Cc1cc(C(=O)OCC(=O)Nc2ccc(C(C)C)cc2)c2ccccc2n1. The van der Waals surface area contributed by atoms with Crippen LogP contribution in [0.5, 0.6) is 0 Å². The average molecular weight is 362 g/mol. The Bertz CT molecular complexity index is 979. The normalized spacial score (nSPS) is 10.8. The van der Waals surface area contributed by atoms with Gasteiger partial charge in [0, 0.05) is 16.8 Å². The number of aryl methyl sites for hydroxylation is 1. The summed E-state index contributed by atoms with van der Waals surface area (Å²) in [5, 5.41) is 3.44. The van der Waals surface area contributed by atoms with Gasteiger partial charge in [0.15, 0.2) is 6.61 Å². The van der Waals surface area contributed by atoms with Crippen LogP contribution < -0.4 is 5.32 Å². The van der Waals surface area contributed by atoms with E-state index in [9.17, 15) is 9.59 Å². The second-order valence-electron chi connectivity index (χ2n) is 6.73. The van der Waals surface area contributed by atoms with Crippen LogP contribution in [0.3, 0.4) is 0 Å². The summed E-state index contributed by atoms with van der Waals surface area (Å²) in [7, 11) is 0. The molecule has 0 aliphatic heterocycles. The van der Waals surface area contributed by atoms with Gasteiger partial charge in [-0.25, -0.2) is 4.79 Å². The Labute approximate surface area is 158 Å². The van der Waals surface area contributed by atoms with Crippen LogP contribution in [0.2, 0.25) is 0 Å². The summed E-state index contributed by atoms with van der Waals surface area (Å²) in [4.78, 5) is 29.0. The maximum atomic E-state index is 12.5. The lowest BCUT2D eigenvalue weighted by Gasteiger charge is -2.10. The highest BCUT2D eigenvalue weighted by Crippen LogP contribution is 2.19. The molecule has 27 heavy (non-hydrogen) atoms. The van der Waals surface area contributed by atoms with Gasteiger partial charge in [0.25, 0.3) is 5.91 Å². The summed E-state index contributed by atoms with van der Waals surface area (Å²) in [6, 6.07) is 16.7. The van der Waals surface area contributed by atoms with Crippen molar-refractivity contribution in [2.75, 3.05) is 11.9 Å². The molecule has 1 amide bonds. The molecular formula is C22H22N2O3. The van der Waals surface area contributed by atoms with Gasteiger partial charge in [-0.3, -0.25) is 9.78 Å². The summed E-state index contributed by atoms with van der Waals surface area (Å²) < 4.78 is 5.21. The molecule has 0 saturated heterocycles. The van der Waals surface area contributed by atoms with Crippen molar-refractivity contribution < 1.29 is 14.3 Å². The molecule has 0 spiro atoms. The van der Waals surface area contributed by atoms with E-state index in [2.05, 4.69) is 24.1 Å². The minimum Gasteiger partial charge on any atom is -0.452 e. The molecule has 0 aliphatic rings. The molecule has 0 bridgehead atoms. The first-order valence-corrected chi connectivity index (χ1v) is 8.87. The minimum atomic E-state index is -0.540. The van der Waals surface area contributed by atoms with Crippen LogP contribution >= 0.6 is 0 Å². The highest BCUT2D eigenvalue weighted by molar-refractivity contribution is 6.04. The van der Waals surface area contributed by atoms with E-state index >= 15 is 0 Å². The molecule has 1 N–H and O–H groups in total. The van der Waals surface area contributed by atoms with Crippen molar-refractivity contribution in [3.8, 4) is 0 Å². The molecule has 138 valence electrons. The molecule has 5 heteroatoms. The number of fused-ring (bicyclic) bond motifs is 1. The van der Waals surface area contributed by atoms with E-state index in [1.807, 2.05) is 55.5 Å². The molecule has 0 atom stereocenters. The smallest absolute Gasteiger partial charge is 0.339 e. The molecule has 1 heterocycles. The predicted molar refractivity (Wildman–Crippen MR) is 106 cm³/mol. The number of pyridine rings is 1. The van der Waals surface area contributed by atoms with Crippen LogP contribution in [0, 0.1) is 6.92 Å². The summed E-state index contributed by atoms with van der Waals surface area (Å²) in [5.41, 5.74) is 3.71. The van der Waals surface area contributed by atoms with Gasteiger partial charge in [-0.2, -0.15) is 0 Å². The average Bonchev–Trinajstić information content (AvgIpc) is 2.65. The van der Waals surface area contributed by atoms with Crippen molar-refractivity contribution in [1.82, 2.24) is 4.98 Å². The van der Waals surface area contributed by atoms with Gasteiger partial charge in [0.2, 0.25) is 0 Å². The van der Waals surface area contributed by atoms with E-state index in [1.54, 1.807) is 6.07 Å². The number of esters is 1. The molecule has 0 fully saturated rings. The zero-order chi connectivity index (χ0) is 19.4. The Morgan fingerprint density at radius 2 is 1.78 bits per heavy atom. The Morgan fingerprint density at radius 3 is 2.48 bits per heavy atom. The van der Waals surface area contributed by atoms with E-state index in [0.717, 1.165) is 11.2 Å². The van der Waals surface area contributed by atoms with Crippen molar-refractivity contribution >= 4 is 28.5 Å². The fourth-order valence-corrected chi connectivity index (χ4v) is 2.83. The molecule has 3 aromatic rings. The number of nitrogens with zero attached hydrogens (tertiary/aromatic N) is 1. The third kappa shape index (κ3) is 4.50. The number of rotatable bonds is 5. The first-order valence-electron chi connectivity index (χ1n) is 8.87. The van der Waals surface area contributed by atoms with E-state index in [0.29, 0.717) is 22.6 Å².